The molecule has 0 saturated carbocycles. The first-order chi connectivity index (χ1) is 6.35. The largest absolute Gasteiger partial charge is 0.382 e. The Bertz CT molecular complexity index is 87.6. The molecule has 0 fully saturated rings. The molecule has 0 heterocycles. The van der Waals surface area contributed by atoms with E-state index in [9.17, 15) is 0 Å². The molecule has 0 aromatic rings. The van der Waals surface area contributed by atoms with Gasteiger partial charge in [-0.1, -0.05) is 6.92 Å². The summed E-state index contributed by atoms with van der Waals surface area (Å²) in [5.41, 5.74) is 0. The van der Waals surface area contributed by atoms with E-state index in [1.165, 1.54) is 0 Å². The normalized spacial score (nSPS) is 11.1. The maximum Gasteiger partial charge on any atom is 0.157 e. The minimum Gasteiger partial charge on any atom is -0.382 e. The molecule has 0 radical (unpaired) electrons. The molecular weight excluding hydrogens is 172 g/mol. The summed E-state index contributed by atoms with van der Waals surface area (Å²) in [6.45, 7) is 4.36. The number of ether oxygens (including phenoxy) is 4. The van der Waals surface area contributed by atoms with Crippen LogP contribution in [0, 0.1) is 0 Å². The van der Waals surface area contributed by atoms with Crippen molar-refractivity contribution in [3.8, 4) is 0 Å². The van der Waals surface area contributed by atoms with Gasteiger partial charge in [0.1, 0.15) is 0 Å². The highest BCUT2D eigenvalue weighted by molar-refractivity contribution is 4.40. The van der Waals surface area contributed by atoms with Crippen LogP contribution in [0.25, 0.3) is 0 Å². The second kappa shape index (κ2) is 9.92. The van der Waals surface area contributed by atoms with Crippen molar-refractivity contribution in [2.24, 2.45) is 0 Å². The summed E-state index contributed by atoms with van der Waals surface area (Å²) in [5, 5.41) is 0. The van der Waals surface area contributed by atoms with Gasteiger partial charge in [0, 0.05) is 14.2 Å². The maximum atomic E-state index is 5.38. The third kappa shape index (κ3) is 8.18. The van der Waals surface area contributed by atoms with E-state index >= 15 is 0 Å². The van der Waals surface area contributed by atoms with Gasteiger partial charge in [-0.2, -0.15) is 0 Å². The quantitative estimate of drug-likeness (QED) is 0.404. The SMILES string of the molecule is CCC(OCCOC)OCCOC. The second-order valence-corrected chi connectivity index (χ2v) is 2.56. The predicted octanol–water partition coefficient (Wildman–Crippen LogP) is 1.05. The average Bonchev–Trinajstić information content (AvgIpc) is 2.16. The molecule has 4 heteroatoms. The number of hydrogen-bond donors (Lipinski definition) is 0. The van der Waals surface area contributed by atoms with Gasteiger partial charge in [0.15, 0.2) is 6.29 Å². The fourth-order valence-corrected chi connectivity index (χ4v) is 0.810. The molecule has 0 spiro atoms. The highest BCUT2D eigenvalue weighted by Crippen LogP contribution is 1.99. The lowest BCUT2D eigenvalue weighted by Gasteiger charge is -2.16. The molecule has 13 heavy (non-hydrogen) atoms. The number of rotatable bonds is 9. The molecule has 0 aromatic carbocycles. The molecular formula is C9H20O4. The van der Waals surface area contributed by atoms with E-state index in [2.05, 4.69) is 0 Å². The zero-order chi connectivity index (χ0) is 9.94. The first kappa shape index (κ1) is 12.8. The molecule has 0 N–H and O–H groups in total. The Morgan fingerprint density at radius 1 is 0.846 bits per heavy atom. The van der Waals surface area contributed by atoms with E-state index < -0.39 is 0 Å². The summed E-state index contributed by atoms with van der Waals surface area (Å²) in [7, 11) is 3.30. The molecule has 0 rings (SSSR count). The van der Waals surface area contributed by atoms with Crippen LogP contribution in [0.2, 0.25) is 0 Å². The summed E-state index contributed by atoms with van der Waals surface area (Å²) in [6.07, 6.45) is 0.707. The van der Waals surface area contributed by atoms with Crippen LogP contribution in [0.4, 0.5) is 0 Å². The van der Waals surface area contributed by atoms with Gasteiger partial charge in [0.05, 0.1) is 26.4 Å². The Kier molecular flexibility index (Phi) is 9.80. The Hall–Kier alpha value is -0.160. The van der Waals surface area contributed by atoms with Gasteiger partial charge in [-0.3, -0.25) is 0 Å². The summed E-state index contributed by atoms with van der Waals surface area (Å²) in [5.74, 6) is 0. The van der Waals surface area contributed by atoms with Crippen LogP contribution >= 0.6 is 0 Å². The van der Waals surface area contributed by atoms with Crippen LogP contribution in [-0.4, -0.2) is 46.9 Å². The zero-order valence-corrected chi connectivity index (χ0v) is 8.75. The summed E-state index contributed by atoms with van der Waals surface area (Å²) < 4.78 is 20.5. The lowest BCUT2D eigenvalue weighted by atomic mass is 10.5. The Balaban J connectivity index is 3.28. The highest BCUT2D eigenvalue weighted by atomic mass is 16.7. The summed E-state index contributed by atoms with van der Waals surface area (Å²) >= 11 is 0. The lowest BCUT2D eigenvalue weighted by molar-refractivity contribution is -0.156. The molecule has 0 bridgehead atoms. The van der Waals surface area contributed by atoms with Gasteiger partial charge < -0.3 is 18.9 Å². The highest BCUT2D eigenvalue weighted by Gasteiger charge is 2.05. The Morgan fingerprint density at radius 2 is 1.31 bits per heavy atom. The van der Waals surface area contributed by atoms with Gasteiger partial charge in [0.2, 0.25) is 0 Å². The van der Waals surface area contributed by atoms with E-state index in [-0.39, 0.29) is 6.29 Å². The van der Waals surface area contributed by atoms with Crippen molar-refractivity contribution >= 4 is 0 Å². The Labute approximate surface area is 80.1 Å². The molecule has 0 aliphatic rings. The second-order valence-electron chi connectivity index (χ2n) is 2.56. The third-order valence-electron chi connectivity index (χ3n) is 1.52. The minimum absolute atomic E-state index is 0.134. The van der Waals surface area contributed by atoms with Crippen molar-refractivity contribution in [2.45, 2.75) is 19.6 Å². The van der Waals surface area contributed by atoms with Crippen LogP contribution in [0.15, 0.2) is 0 Å². The van der Waals surface area contributed by atoms with Crippen LogP contribution in [0.1, 0.15) is 13.3 Å². The van der Waals surface area contributed by atoms with Gasteiger partial charge >= 0.3 is 0 Å². The first-order valence-electron chi connectivity index (χ1n) is 4.56. The Morgan fingerprint density at radius 3 is 1.62 bits per heavy atom. The number of methoxy groups -OCH3 is 2. The monoisotopic (exact) mass is 192 g/mol. The molecule has 0 aliphatic carbocycles. The number of hydrogen-bond acceptors (Lipinski definition) is 4. The fraction of sp³-hybridized carbons (Fsp3) is 1.00. The molecule has 0 amide bonds. The third-order valence-corrected chi connectivity index (χ3v) is 1.52. The molecule has 0 unspecified atom stereocenters. The molecule has 0 aliphatic heterocycles. The zero-order valence-electron chi connectivity index (χ0n) is 8.75. The van der Waals surface area contributed by atoms with Gasteiger partial charge in [0.25, 0.3) is 0 Å². The van der Waals surface area contributed by atoms with Crippen LogP contribution in [0.5, 0.6) is 0 Å². The van der Waals surface area contributed by atoms with Crippen molar-refractivity contribution in [2.75, 3.05) is 40.6 Å². The van der Waals surface area contributed by atoms with Gasteiger partial charge in [-0.05, 0) is 6.42 Å². The van der Waals surface area contributed by atoms with Crippen molar-refractivity contribution < 1.29 is 18.9 Å². The molecule has 80 valence electrons. The molecule has 0 atom stereocenters. The van der Waals surface area contributed by atoms with Crippen molar-refractivity contribution in [1.29, 1.82) is 0 Å². The van der Waals surface area contributed by atoms with E-state index in [0.717, 1.165) is 6.42 Å². The summed E-state index contributed by atoms with van der Waals surface area (Å²) in [6, 6.07) is 0. The van der Waals surface area contributed by atoms with Gasteiger partial charge in [-0.25, -0.2) is 0 Å². The van der Waals surface area contributed by atoms with E-state index in [4.69, 9.17) is 18.9 Å². The van der Waals surface area contributed by atoms with E-state index in [1.54, 1.807) is 14.2 Å². The first-order valence-corrected chi connectivity index (χ1v) is 4.56. The fourth-order valence-electron chi connectivity index (χ4n) is 0.810. The topological polar surface area (TPSA) is 36.9 Å². The van der Waals surface area contributed by atoms with E-state index in [0.29, 0.717) is 26.4 Å². The lowest BCUT2D eigenvalue weighted by Crippen LogP contribution is -2.20. The maximum absolute atomic E-state index is 5.38. The van der Waals surface area contributed by atoms with Crippen LogP contribution < -0.4 is 0 Å². The molecule has 0 saturated heterocycles. The minimum atomic E-state index is -0.134. The van der Waals surface area contributed by atoms with E-state index in [1.807, 2.05) is 6.92 Å². The molecule has 0 aromatic heterocycles. The van der Waals surface area contributed by atoms with Crippen molar-refractivity contribution in [1.82, 2.24) is 0 Å². The van der Waals surface area contributed by atoms with Crippen LogP contribution in [0.3, 0.4) is 0 Å². The smallest absolute Gasteiger partial charge is 0.157 e. The van der Waals surface area contributed by atoms with Crippen LogP contribution in [-0.2, 0) is 18.9 Å². The van der Waals surface area contributed by atoms with Crippen molar-refractivity contribution in [3.05, 3.63) is 0 Å². The predicted molar refractivity (Wildman–Crippen MR) is 49.7 cm³/mol. The van der Waals surface area contributed by atoms with Gasteiger partial charge in [-0.15, -0.1) is 0 Å². The average molecular weight is 192 g/mol. The summed E-state index contributed by atoms with van der Waals surface area (Å²) in [4.78, 5) is 0. The standard InChI is InChI=1S/C9H20O4/c1-4-9(12-7-5-10-2)13-8-6-11-3/h9H,4-8H2,1-3H3. The van der Waals surface area contributed by atoms with Crippen molar-refractivity contribution in [3.63, 3.8) is 0 Å². The molecule has 4 nitrogen and oxygen atoms in total.